The second-order valence-electron chi connectivity index (χ2n) is 8.76. The smallest absolute Gasteiger partial charge is 0.250 e. The summed E-state index contributed by atoms with van der Waals surface area (Å²) in [6.45, 7) is 1.97. The number of pyridine rings is 1. The molecule has 0 unspecified atom stereocenters. The fourth-order valence-electron chi connectivity index (χ4n) is 4.68. The lowest BCUT2D eigenvalue weighted by Gasteiger charge is -2.29. The van der Waals surface area contributed by atoms with E-state index in [2.05, 4.69) is 65.4 Å². The van der Waals surface area contributed by atoms with Crippen LogP contribution in [0.25, 0.3) is 5.69 Å². The lowest BCUT2D eigenvalue weighted by atomic mass is 10.00. The molecule has 1 aliphatic heterocycles. The predicted octanol–water partition coefficient (Wildman–Crippen LogP) is 5.71. The highest BCUT2D eigenvalue weighted by atomic mass is 79.9. The highest BCUT2D eigenvalue weighted by Gasteiger charge is 2.42. The zero-order chi connectivity index (χ0) is 25.9. The number of nitrogens with zero attached hydrogens (tertiary/aromatic N) is 3. The van der Waals surface area contributed by atoms with Gasteiger partial charge in [-0.1, -0.05) is 28.1 Å². The van der Waals surface area contributed by atoms with E-state index in [1.54, 1.807) is 6.20 Å². The van der Waals surface area contributed by atoms with Crippen LogP contribution in [0.1, 0.15) is 29.0 Å². The van der Waals surface area contributed by atoms with Gasteiger partial charge < -0.3 is 24.8 Å². The lowest BCUT2D eigenvalue weighted by molar-refractivity contribution is -0.119. The molecule has 7 nitrogen and oxygen atoms in total. The molecule has 0 saturated carbocycles. The maximum absolute atomic E-state index is 12.1. The molecule has 0 spiro atoms. The first-order chi connectivity index (χ1) is 18.0. The Bertz CT molecular complexity index is 1440. The lowest BCUT2D eigenvalue weighted by Crippen LogP contribution is -2.30. The van der Waals surface area contributed by atoms with E-state index in [0.29, 0.717) is 5.11 Å². The van der Waals surface area contributed by atoms with Crippen molar-refractivity contribution in [2.24, 2.45) is 0 Å². The molecule has 188 valence electrons. The quantitative estimate of drug-likeness (QED) is 0.275. The van der Waals surface area contributed by atoms with E-state index in [9.17, 15) is 4.79 Å². The van der Waals surface area contributed by atoms with Gasteiger partial charge >= 0.3 is 0 Å². The van der Waals surface area contributed by atoms with Crippen LogP contribution < -0.4 is 15.5 Å². The Hall–Kier alpha value is -3.53. The number of benzene rings is 2. The Morgan fingerprint density at radius 2 is 1.97 bits per heavy atom. The zero-order valence-electron chi connectivity index (χ0n) is 20.4. The molecule has 2 atom stereocenters. The maximum Gasteiger partial charge on any atom is 0.250 e. The van der Waals surface area contributed by atoms with Crippen molar-refractivity contribution >= 4 is 50.5 Å². The molecule has 0 radical (unpaired) electrons. The standard InChI is InChI=1S/C28H26BrN5O2S/c1-18-15-21(11-12-22(18)31-25(35)17-36-2)34-27(26(32-28(34)37)23-9-3-4-13-30-23)24-10-6-14-33(24)20-8-5-7-19(29)16-20/h3-16,26-27H,17H2,1-2H3,(H,31,35)(H,32,37)/t26-,27-/m0/s1. The average Bonchev–Trinajstić information content (AvgIpc) is 3.50. The van der Waals surface area contributed by atoms with Crippen molar-refractivity contribution in [2.75, 3.05) is 23.9 Å². The second kappa shape index (κ2) is 10.8. The second-order valence-corrected chi connectivity index (χ2v) is 10.1. The first-order valence-corrected chi connectivity index (χ1v) is 13.0. The number of nitrogens with one attached hydrogen (secondary N) is 2. The van der Waals surface area contributed by atoms with Crippen LogP contribution in [0.5, 0.6) is 0 Å². The van der Waals surface area contributed by atoms with E-state index in [0.717, 1.165) is 38.5 Å². The number of rotatable bonds is 7. The highest BCUT2D eigenvalue weighted by molar-refractivity contribution is 9.10. The number of carbonyl (C=O) groups is 1. The van der Waals surface area contributed by atoms with Crippen molar-refractivity contribution in [1.82, 2.24) is 14.9 Å². The molecule has 37 heavy (non-hydrogen) atoms. The van der Waals surface area contributed by atoms with Crippen molar-refractivity contribution in [1.29, 1.82) is 0 Å². The number of carbonyl (C=O) groups excluding carboxylic acids is 1. The maximum atomic E-state index is 12.1. The molecule has 2 N–H and O–H groups in total. The fourth-order valence-corrected chi connectivity index (χ4v) is 5.42. The Morgan fingerprint density at radius 3 is 2.70 bits per heavy atom. The van der Waals surface area contributed by atoms with Crippen molar-refractivity contribution in [3.63, 3.8) is 0 Å². The Balaban J connectivity index is 1.59. The summed E-state index contributed by atoms with van der Waals surface area (Å²) >= 11 is 9.50. The summed E-state index contributed by atoms with van der Waals surface area (Å²) in [5.41, 5.74) is 5.59. The topological polar surface area (TPSA) is 71.4 Å². The van der Waals surface area contributed by atoms with Gasteiger partial charge in [0.15, 0.2) is 5.11 Å². The Kier molecular flexibility index (Phi) is 7.36. The number of amides is 1. The van der Waals surface area contributed by atoms with E-state index < -0.39 is 0 Å². The van der Waals surface area contributed by atoms with Crippen molar-refractivity contribution in [3.8, 4) is 5.69 Å². The molecule has 2 aromatic carbocycles. The number of anilines is 2. The molecule has 0 bridgehead atoms. The summed E-state index contributed by atoms with van der Waals surface area (Å²) in [5.74, 6) is -0.198. The van der Waals surface area contributed by atoms with E-state index in [1.807, 2.05) is 61.5 Å². The molecule has 9 heteroatoms. The number of hydrogen-bond donors (Lipinski definition) is 2. The third-order valence-electron chi connectivity index (χ3n) is 6.31. The summed E-state index contributed by atoms with van der Waals surface area (Å²) in [6.07, 6.45) is 3.86. The van der Waals surface area contributed by atoms with E-state index in [1.165, 1.54) is 7.11 Å². The summed E-state index contributed by atoms with van der Waals surface area (Å²) in [7, 11) is 1.50. The van der Waals surface area contributed by atoms with Crippen LogP contribution in [0, 0.1) is 6.92 Å². The molecule has 1 aliphatic rings. The van der Waals surface area contributed by atoms with Crippen LogP contribution in [0.3, 0.4) is 0 Å². The van der Waals surface area contributed by atoms with Crippen LogP contribution in [0.15, 0.2) is 89.7 Å². The third-order valence-corrected chi connectivity index (χ3v) is 7.11. The summed E-state index contributed by atoms with van der Waals surface area (Å²) < 4.78 is 8.13. The Morgan fingerprint density at radius 1 is 1.11 bits per heavy atom. The zero-order valence-corrected chi connectivity index (χ0v) is 22.8. The van der Waals surface area contributed by atoms with Gasteiger partial charge in [0.2, 0.25) is 5.91 Å². The van der Waals surface area contributed by atoms with E-state index in [-0.39, 0.29) is 24.6 Å². The normalized spacial score (nSPS) is 17.1. The molecular formula is C28H26BrN5O2S. The average molecular weight is 577 g/mol. The first kappa shape index (κ1) is 25.1. The molecule has 1 amide bonds. The van der Waals surface area contributed by atoms with Gasteiger partial charge in [0.05, 0.1) is 11.7 Å². The number of halogens is 1. The molecule has 0 aliphatic carbocycles. The summed E-state index contributed by atoms with van der Waals surface area (Å²) in [4.78, 5) is 18.9. The fraction of sp³-hybridized carbons (Fsp3) is 0.179. The SMILES string of the molecule is COCC(=O)Nc1ccc(N2C(=S)N[C@@H](c3ccccn3)[C@@H]2c2cccn2-c2cccc(Br)c2)cc1C. The van der Waals surface area contributed by atoms with Gasteiger partial charge in [0.25, 0.3) is 0 Å². The first-order valence-electron chi connectivity index (χ1n) is 11.8. The van der Waals surface area contributed by atoms with Crippen LogP contribution in [0.4, 0.5) is 11.4 Å². The number of methoxy groups -OCH3 is 1. The predicted molar refractivity (Wildman–Crippen MR) is 153 cm³/mol. The van der Waals surface area contributed by atoms with Crippen LogP contribution in [0.2, 0.25) is 0 Å². The van der Waals surface area contributed by atoms with Gasteiger partial charge in [-0.3, -0.25) is 9.78 Å². The summed E-state index contributed by atoms with van der Waals surface area (Å²) in [5, 5.41) is 7.03. The minimum absolute atomic E-state index is 0.00173. The van der Waals surface area contributed by atoms with Gasteiger partial charge in [-0.15, -0.1) is 0 Å². The van der Waals surface area contributed by atoms with Gasteiger partial charge in [-0.25, -0.2) is 0 Å². The number of thiocarbonyl (C=S) groups is 1. The number of aromatic nitrogens is 2. The Labute approximate surface area is 229 Å². The van der Waals surface area contributed by atoms with Crippen molar-refractivity contribution in [2.45, 2.75) is 19.0 Å². The van der Waals surface area contributed by atoms with Gasteiger partial charge in [-0.05, 0) is 85.4 Å². The van der Waals surface area contributed by atoms with Crippen LogP contribution >= 0.6 is 28.1 Å². The monoisotopic (exact) mass is 575 g/mol. The molecule has 5 rings (SSSR count). The van der Waals surface area contributed by atoms with Crippen molar-refractivity contribution < 1.29 is 9.53 Å². The van der Waals surface area contributed by atoms with Crippen molar-refractivity contribution in [3.05, 3.63) is 107 Å². The molecule has 1 saturated heterocycles. The number of aryl methyl sites for hydroxylation is 1. The molecule has 1 fully saturated rings. The van der Waals surface area contributed by atoms with E-state index in [4.69, 9.17) is 17.0 Å². The van der Waals surface area contributed by atoms with Crippen LogP contribution in [-0.2, 0) is 9.53 Å². The molecule has 3 heterocycles. The van der Waals surface area contributed by atoms with Gasteiger partial charge in [0.1, 0.15) is 12.6 Å². The van der Waals surface area contributed by atoms with Gasteiger partial charge in [-0.2, -0.15) is 0 Å². The largest absolute Gasteiger partial charge is 0.375 e. The van der Waals surface area contributed by atoms with Crippen LogP contribution in [-0.4, -0.2) is 34.3 Å². The number of hydrogen-bond acceptors (Lipinski definition) is 4. The molecule has 4 aromatic rings. The molecule has 2 aromatic heterocycles. The van der Waals surface area contributed by atoms with E-state index >= 15 is 0 Å². The summed E-state index contributed by atoms with van der Waals surface area (Å²) in [6, 6.07) is 23.9. The molecular weight excluding hydrogens is 550 g/mol. The highest BCUT2D eigenvalue weighted by Crippen LogP contribution is 2.43. The third kappa shape index (κ3) is 5.16. The minimum atomic E-state index is -0.198. The minimum Gasteiger partial charge on any atom is -0.375 e. The van der Waals surface area contributed by atoms with Gasteiger partial charge in [0, 0.05) is 46.7 Å². The number of ether oxygens (including phenoxy) is 1.